The predicted molar refractivity (Wildman–Crippen MR) is 94.6 cm³/mol. The first-order valence-corrected chi connectivity index (χ1v) is 10.1. The average Bonchev–Trinajstić information content (AvgIpc) is 2.77. The van der Waals surface area contributed by atoms with Crippen molar-refractivity contribution in [3.8, 4) is 0 Å². The number of fused-ring (bicyclic) bond motifs is 2. The molecule has 0 radical (unpaired) electrons. The number of amides is 2. The van der Waals surface area contributed by atoms with Crippen LogP contribution in [0.2, 0.25) is 0 Å². The third kappa shape index (κ3) is 3.28. The molecule has 0 unspecified atom stereocenters. The van der Waals surface area contributed by atoms with E-state index >= 15 is 0 Å². The molecule has 136 valence electrons. The van der Waals surface area contributed by atoms with E-state index in [0.717, 1.165) is 11.3 Å². The summed E-state index contributed by atoms with van der Waals surface area (Å²) in [5, 5.41) is 4.96. The Labute approximate surface area is 147 Å². The molecule has 2 aliphatic rings. The van der Waals surface area contributed by atoms with Crippen LogP contribution in [-0.4, -0.2) is 51.0 Å². The van der Waals surface area contributed by atoms with E-state index < -0.39 is 15.4 Å². The van der Waals surface area contributed by atoms with Crippen LogP contribution in [0.3, 0.4) is 0 Å². The lowest BCUT2D eigenvalue weighted by molar-refractivity contribution is -0.135. The quantitative estimate of drug-likeness (QED) is 0.844. The molecule has 2 amide bonds. The van der Waals surface area contributed by atoms with Crippen LogP contribution in [0.25, 0.3) is 0 Å². The van der Waals surface area contributed by atoms with Crippen LogP contribution in [0.15, 0.2) is 24.3 Å². The van der Waals surface area contributed by atoms with Crippen LogP contribution in [-0.2, 0) is 25.0 Å². The van der Waals surface area contributed by atoms with Gasteiger partial charge in [0.1, 0.15) is 0 Å². The summed E-state index contributed by atoms with van der Waals surface area (Å²) in [6.45, 7) is 1.00. The summed E-state index contributed by atoms with van der Waals surface area (Å²) >= 11 is 0. The van der Waals surface area contributed by atoms with Gasteiger partial charge in [0.15, 0.2) is 0 Å². The van der Waals surface area contributed by atoms with Crippen molar-refractivity contribution in [1.82, 2.24) is 4.90 Å². The highest BCUT2D eigenvalue weighted by Crippen LogP contribution is 2.47. The van der Waals surface area contributed by atoms with Gasteiger partial charge in [-0.05, 0) is 30.9 Å². The van der Waals surface area contributed by atoms with Gasteiger partial charge < -0.3 is 9.80 Å². The predicted octanol–water partition coefficient (Wildman–Crippen LogP) is 0.592. The van der Waals surface area contributed by atoms with Crippen molar-refractivity contribution in [3.63, 3.8) is 0 Å². The molecule has 0 aromatic heterocycles. The van der Waals surface area contributed by atoms with Gasteiger partial charge in [-0.3, -0.25) is 9.59 Å². The maximum absolute atomic E-state index is 12.8. The van der Waals surface area contributed by atoms with Gasteiger partial charge in [0.05, 0.1) is 11.2 Å². The molecule has 1 aromatic carbocycles. The van der Waals surface area contributed by atoms with Crippen LogP contribution in [0, 0.1) is 0 Å². The zero-order chi connectivity index (χ0) is 18.2. The maximum atomic E-state index is 12.8. The molecular formula is C17H23N3O4S. The first-order valence-electron chi connectivity index (χ1n) is 8.40. The molecule has 3 rings (SSSR count). The second-order valence-electron chi connectivity index (χ2n) is 6.81. The molecule has 7 nitrogen and oxygen atoms in total. The topological polar surface area (TPSA) is 101 Å². The number of hydrogen-bond donors (Lipinski definition) is 1. The molecule has 2 aliphatic heterocycles. The lowest BCUT2D eigenvalue weighted by Crippen LogP contribution is -2.49. The van der Waals surface area contributed by atoms with E-state index in [1.807, 2.05) is 24.3 Å². The molecular weight excluding hydrogens is 342 g/mol. The molecule has 25 heavy (non-hydrogen) atoms. The van der Waals surface area contributed by atoms with Crippen molar-refractivity contribution in [2.75, 3.05) is 30.8 Å². The molecule has 0 aliphatic carbocycles. The number of benzene rings is 1. The van der Waals surface area contributed by atoms with E-state index in [1.165, 1.54) is 0 Å². The number of para-hydroxylation sites is 1. The minimum Gasteiger partial charge on any atom is -0.343 e. The Morgan fingerprint density at radius 3 is 2.52 bits per heavy atom. The largest absolute Gasteiger partial charge is 0.343 e. The van der Waals surface area contributed by atoms with Crippen molar-refractivity contribution < 1.29 is 18.0 Å². The molecule has 0 saturated carbocycles. The lowest BCUT2D eigenvalue weighted by Gasteiger charge is -2.38. The fraction of sp³-hybridized carbons (Fsp3) is 0.529. The van der Waals surface area contributed by atoms with Crippen molar-refractivity contribution >= 4 is 27.5 Å². The summed E-state index contributed by atoms with van der Waals surface area (Å²) in [6, 6.07) is 7.82. The normalized spacial score (nSPS) is 19.4. The standard InChI is InChI=1S/C17H23N3O4S/c1-19-14-6-3-2-5-13(14)17(16(19)22)8-10-20(11-9-17)15(21)7-4-12-25(18,23)24/h2-3,5-6H,4,7-12H2,1H3,(H2,18,23,24). The number of nitrogens with zero attached hydrogens (tertiary/aromatic N) is 2. The molecule has 2 heterocycles. The van der Waals surface area contributed by atoms with Gasteiger partial charge in [-0.1, -0.05) is 18.2 Å². The summed E-state index contributed by atoms with van der Waals surface area (Å²) in [5.41, 5.74) is 1.45. The molecule has 0 bridgehead atoms. The fourth-order valence-corrected chi connectivity index (χ4v) is 4.47. The Bertz CT molecular complexity index is 798. The third-order valence-electron chi connectivity index (χ3n) is 5.28. The van der Waals surface area contributed by atoms with Crippen LogP contribution in [0.1, 0.15) is 31.2 Å². The Hall–Kier alpha value is -1.93. The number of carbonyl (C=O) groups excluding carboxylic acids is 2. The first-order chi connectivity index (χ1) is 11.7. The van der Waals surface area contributed by atoms with Gasteiger partial charge in [0.2, 0.25) is 21.8 Å². The monoisotopic (exact) mass is 365 g/mol. The Morgan fingerprint density at radius 1 is 1.24 bits per heavy atom. The van der Waals surface area contributed by atoms with Crippen molar-refractivity contribution in [1.29, 1.82) is 0 Å². The Balaban J connectivity index is 1.66. The molecule has 0 atom stereocenters. The average molecular weight is 365 g/mol. The molecule has 1 fully saturated rings. The number of carbonyl (C=O) groups is 2. The Morgan fingerprint density at radius 2 is 1.88 bits per heavy atom. The number of hydrogen-bond acceptors (Lipinski definition) is 4. The highest BCUT2D eigenvalue weighted by atomic mass is 32.2. The van der Waals surface area contributed by atoms with E-state index in [4.69, 9.17) is 5.14 Å². The third-order valence-corrected chi connectivity index (χ3v) is 6.14. The summed E-state index contributed by atoms with van der Waals surface area (Å²) < 4.78 is 21.9. The van der Waals surface area contributed by atoms with Gasteiger partial charge in [0, 0.05) is 32.2 Å². The van der Waals surface area contributed by atoms with E-state index in [2.05, 4.69) is 0 Å². The summed E-state index contributed by atoms with van der Waals surface area (Å²) in [4.78, 5) is 28.5. The summed E-state index contributed by atoms with van der Waals surface area (Å²) in [7, 11) is -1.74. The second kappa shape index (κ2) is 6.42. The van der Waals surface area contributed by atoms with Crippen LogP contribution in [0.5, 0.6) is 0 Å². The van der Waals surface area contributed by atoms with E-state index in [1.54, 1.807) is 16.8 Å². The van der Waals surface area contributed by atoms with Gasteiger partial charge in [-0.15, -0.1) is 0 Å². The highest BCUT2D eigenvalue weighted by molar-refractivity contribution is 7.89. The minimum atomic E-state index is -3.54. The number of likely N-dealkylation sites (tertiary alicyclic amines) is 1. The van der Waals surface area contributed by atoms with Gasteiger partial charge in [-0.2, -0.15) is 0 Å². The van der Waals surface area contributed by atoms with Gasteiger partial charge in [-0.25, -0.2) is 13.6 Å². The number of primary sulfonamides is 1. The number of nitrogens with two attached hydrogens (primary N) is 1. The zero-order valence-corrected chi connectivity index (χ0v) is 15.1. The van der Waals surface area contributed by atoms with Crippen LogP contribution < -0.4 is 10.0 Å². The number of anilines is 1. The highest BCUT2D eigenvalue weighted by Gasteiger charge is 2.51. The molecule has 1 aromatic rings. The van der Waals surface area contributed by atoms with Crippen molar-refractivity contribution in [2.45, 2.75) is 31.1 Å². The van der Waals surface area contributed by atoms with E-state index in [0.29, 0.717) is 25.9 Å². The molecule has 2 N–H and O–H groups in total. The summed E-state index contributed by atoms with van der Waals surface area (Å²) in [6.07, 6.45) is 1.57. The molecule has 1 saturated heterocycles. The summed E-state index contributed by atoms with van der Waals surface area (Å²) in [5.74, 6) is -0.173. The van der Waals surface area contributed by atoms with E-state index in [-0.39, 0.29) is 30.4 Å². The zero-order valence-electron chi connectivity index (χ0n) is 14.3. The fourth-order valence-electron chi connectivity index (χ4n) is 3.92. The SMILES string of the molecule is CN1C(=O)C2(CCN(C(=O)CCCS(N)(=O)=O)CC2)c2ccccc21. The first kappa shape index (κ1) is 17.9. The number of sulfonamides is 1. The molecule has 1 spiro atoms. The smallest absolute Gasteiger partial charge is 0.237 e. The maximum Gasteiger partial charge on any atom is 0.237 e. The lowest BCUT2D eigenvalue weighted by atomic mass is 9.73. The number of rotatable bonds is 4. The number of piperidine rings is 1. The van der Waals surface area contributed by atoms with E-state index in [9.17, 15) is 18.0 Å². The van der Waals surface area contributed by atoms with Gasteiger partial charge >= 0.3 is 0 Å². The second-order valence-corrected chi connectivity index (χ2v) is 8.55. The Kier molecular flexibility index (Phi) is 4.59. The number of likely N-dealkylation sites (N-methyl/N-ethyl adjacent to an activating group) is 1. The van der Waals surface area contributed by atoms with Gasteiger partial charge in [0.25, 0.3) is 0 Å². The van der Waals surface area contributed by atoms with Crippen LogP contribution in [0.4, 0.5) is 5.69 Å². The minimum absolute atomic E-state index is 0.0782. The van der Waals surface area contributed by atoms with Crippen LogP contribution >= 0.6 is 0 Å². The van der Waals surface area contributed by atoms with Crippen molar-refractivity contribution in [3.05, 3.63) is 29.8 Å². The van der Waals surface area contributed by atoms with Crippen molar-refractivity contribution in [2.24, 2.45) is 5.14 Å². The molecule has 8 heteroatoms.